The summed E-state index contributed by atoms with van der Waals surface area (Å²) in [4.78, 5) is 0. The number of ether oxygens (including phenoxy) is 1. The second-order valence-corrected chi connectivity index (χ2v) is 10.1. The van der Waals surface area contributed by atoms with Crippen LogP contribution in [0.15, 0.2) is 0 Å². The molecule has 0 amide bonds. The Hall–Kier alpha value is -0.260. The number of nitrogens with one attached hydrogen (secondary N) is 1. The number of fused-ring (bicyclic) bond motifs is 1. The van der Waals surface area contributed by atoms with Gasteiger partial charge in [-0.3, -0.25) is 5.41 Å². The van der Waals surface area contributed by atoms with E-state index in [2.05, 4.69) is 20.8 Å². The van der Waals surface area contributed by atoms with Gasteiger partial charge in [0.1, 0.15) is 0 Å². The molecule has 0 aromatic heterocycles. The summed E-state index contributed by atoms with van der Waals surface area (Å²) in [6.45, 7) is 7.75. The third-order valence-corrected chi connectivity index (χ3v) is 7.76. The SMILES string of the molecule is CC1(C)C[C@H](OCCSC(=N)N)[C@]23CC[C@@H](O)[C@](C)(CC[C@@H]12)C3. The Bertz CT molecular complexity index is 484. The van der Waals surface area contributed by atoms with Crippen LogP contribution in [0.4, 0.5) is 0 Å². The Morgan fingerprint density at radius 2 is 2.04 bits per heavy atom. The van der Waals surface area contributed by atoms with Gasteiger partial charge in [0.2, 0.25) is 0 Å². The highest BCUT2D eigenvalue weighted by Gasteiger charge is 2.65. The first kappa shape index (κ1) is 17.6. The number of nitrogens with two attached hydrogens (primary N) is 1. The second kappa shape index (κ2) is 5.92. The van der Waals surface area contributed by atoms with Crippen LogP contribution in [0.3, 0.4) is 0 Å². The quantitative estimate of drug-likeness (QED) is 0.416. The standard InChI is InChI=1S/C18H32N2O2S/c1-16(2)10-14(22-8-9-23-15(19)20)18-7-5-13(21)17(3,11-18)6-4-12(16)18/h12-14,21H,4-11H2,1-3H3,(H3,19,20)/t12-,13+,14-,17+,18-/m0/s1. The summed E-state index contributed by atoms with van der Waals surface area (Å²) in [5, 5.41) is 18.0. The van der Waals surface area contributed by atoms with Crippen LogP contribution < -0.4 is 5.73 Å². The molecule has 2 bridgehead atoms. The van der Waals surface area contributed by atoms with Gasteiger partial charge in [0.05, 0.1) is 18.8 Å². The van der Waals surface area contributed by atoms with E-state index in [-0.39, 0.29) is 22.1 Å². The van der Waals surface area contributed by atoms with Gasteiger partial charge < -0.3 is 15.6 Å². The highest BCUT2D eigenvalue weighted by Crippen LogP contribution is 2.69. The minimum Gasteiger partial charge on any atom is -0.393 e. The largest absolute Gasteiger partial charge is 0.393 e. The number of aliphatic hydroxyl groups excluding tert-OH is 1. The summed E-state index contributed by atoms with van der Waals surface area (Å²) < 4.78 is 6.36. The molecule has 0 radical (unpaired) electrons. The van der Waals surface area contributed by atoms with Gasteiger partial charge in [-0.1, -0.05) is 32.5 Å². The van der Waals surface area contributed by atoms with Gasteiger partial charge in [-0.2, -0.15) is 0 Å². The van der Waals surface area contributed by atoms with Gasteiger partial charge >= 0.3 is 0 Å². The van der Waals surface area contributed by atoms with Gasteiger partial charge in [0.25, 0.3) is 0 Å². The summed E-state index contributed by atoms with van der Waals surface area (Å²) >= 11 is 1.36. The number of hydrogen-bond donors (Lipinski definition) is 3. The molecule has 3 rings (SSSR count). The highest BCUT2D eigenvalue weighted by atomic mass is 32.2. The molecular formula is C18H32N2O2S. The number of amidine groups is 1. The maximum atomic E-state index is 10.5. The first-order valence-electron chi connectivity index (χ1n) is 8.96. The summed E-state index contributed by atoms with van der Waals surface area (Å²) in [6, 6.07) is 0. The van der Waals surface area contributed by atoms with Crippen molar-refractivity contribution in [3.05, 3.63) is 0 Å². The van der Waals surface area contributed by atoms with Crippen LogP contribution in [0.25, 0.3) is 0 Å². The fraction of sp³-hybridized carbons (Fsp3) is 0.944. The molecule has 4 nitrogen and oxygen atoms in total. The molecule has 5 heteroatoms. The van der Waals surface area contributed by atoms with E-state index in [1.807, 2.05) is 0 Å². The van der Waals surface area contributed by atoms with Gasteiger partial charge in [0.15, 0.2) is 5.17 Å². The molecule has 4 N–H and O–H groups in total. The maximum Gasteiger partial charge on any atom is 0.151 e. The van der Waals surface area contributed by atoms with Gasteiger partial charge in [-0.25, -0.2) is 0 Å². The molecular weight excluding hydrogens is 308 g/mol. The van der Waals surface area contributed by atoms with E-state index in [9.17, 15) is 5.11 Å². The van der Waals surface area contributed by atoms with E-state index in [0.29, 0.717) is 24.0 Å². The van der Waals surface area contributed by atoms with Crippen LogP contribution in [0.2, 0.25) is 0 Å². The molecule has 23 heavy (non-hydrogen) atoms. The molecule has 3 aliphatic rings. The minimum absolute atomic E-state index is 0.0743. The smallest absolute Gasteiger partial charge is 0.151 e. The molecule has 0 heterocycles. The average molecular weight is 341 g/mol. The van der Waals surface area contributed by atoms with Crippen molar-refractivity contribution in [1.82, 2.24) is 0 Å². The van der Waals surface area contributed by atoms with Crippen LogP contribution in [-0.4, -0.2) is 34.8 Å². The lowest BCUT2D eigenvalue weighted by molar-refractivity contribution is -0.154. The van der Waals surface area contributed by atoms with Gasteiger partial charge in [0, 0.05) is 11.2 Å². The van der Waals surface area contributed by atoms with E-state index in [1.165, 1.54) is 18.2 Å². The molecule has 0 aliphatic heterocycles. The normalized spacial score (nSPS) is 44.8. The Kier molecular flexibility index (Phi) is 4.52. The molecule has 0 saturated heterocycles. The maximum absolute atomic E-state index is 10.5. The molecule has 1 spiro atoms. The predicted molar refractivity (Wildman–Crippen MR) is 95.6 cm³/mol. The second-order valence-electron chi connectivity index (χ2n) is 8.97. The Labute approximate surface area is 144 Å². The Balaban J connectivity index is 1.76. The molecule has 3 fully saturated rings. The molecule has 3 saturated carbocycles. The summed E-state index contributed by atoms with van der Waals surface area (Å²) in [6.07, 6.45) is 6.77. The zero-order chi connectivity index (χ0) is 16.9. The molecule has 5 atom stereocenters. The van der Waals surface area contributed by atoms with Crippen molar-refractivity contribution in [3.8, 4) is 0 Å². The van der Waals surface area contributed by atoms with E-state index < -0.39 is 0 Å². The fourth-order valence-electron chi connectivity index (χ4n) is 6.08. The summed E-state index contributed by atoms with van der Waals surface area (Å²) in [5.41, 5.74) is 6.05. The lowest BCUT2D eigenvalue weighted by Crippen LogP contribution is -2.54. The molecule has 0 unspecified atom stereocenters. The highest BCUT2D eigenvalue weighted by molar-refractivity contribution is 8.13. The third-order valence-electron chi connectivity index (χ3n) is 7.07. The first-order chi connectivity index (χ1) is 10.7. The third kappa shape index (κ3) is 2.93. The minimum atomic E-state index is -0.147. The van der Waals surface area contributed by atoms with Crippen LogP contribution in [0.5, 0.6) is 0 Å². The molecule has 132 valence electrons. The zero-order valence-corrected chi connectivity index (χ0v) is 15.5. The first-order valence-corrected chi connectivity index (χ1v) is 9.95. The molecule has 3 aliphatic carbocycles. The van der Waals surface area contributed by atoms with Crippen molar-refractivity contribution in [2.75, 3.05) is 12.4 Å². The van der Waals surface area contributed by atoms with Crippen molar-refractivity contribution in [2.24, 2.45) is 27.9 Å². The number of rotatable bonds is 4. The summed E-state index contributed by atoms with van der Waals surface area (Å²) in [7, 11) is 0. The number of aliphatic hydroxyl groups is 1. The van der Waals surface area contributed by atoms with Crippen molar-refractivity contribution >= 4 is 16.9 Å². The van der Waals surface area contributed by atoms with Gasteiger partial charge in [-0.15, -0.1) is 0 Å². The van der Waals surface area contributed by atoms with Crippen LogP contribution in [0, 0.1) is 27.6 Å². The Morgan fingerprint density at radius 3 is 2.74 bits per heavy atom. The van der Waals surface area contributed by atoms with Crippen LogP contribution in [-0.2, 0) is 4.74 Å². The Morgan fingerprint density at radius 1 is 1.30 bits per heavy atom. The van der Waals surface area contributed by atoms with Crippen molar-refractivity contribution < 1.29 is 9.84 Å². The number of thioether (sulfide) groups is 1. The summed E-state index contributed by atoms with van der Waals surface area (Å²) in [5.74, 6) is 1.47. The van der Waals surface area contributed by atoms with Crippen LogP contribution >= 0.6 is 11.8 Å². The molecule has 0 aromatic rings. The number of hydrogen-bond acceptors (Lipinski definition) is 4. The van der Waals surface area contributed by atoms with E-state index in [0.717, 1.165) is 37.9 Å². The van der Waals surface area contributed by atoms with Crippen molar-refractivity contribution in [1.29, 1.82) is 5.41 Å². The van der Waals surface area contributed by atoms with Crippen LogP contribution in [0.1, 0.15) is 59.3 Å². The topological polar surface area (TPSA) is 79.3 Å². The predicted octanol–water partition coefficient (Wildman–Crippen LogP) is 3.38. The van der Waals surface area contributed by atoms with E-state index >= 15 is 0 Å². The fourth-order valence-corrected chi connectivity index (χ4v) is 6.48. The lowest BCUT2D eigenvalue weighted by atomic mass is 9.49. The molecule has 0 aromatic carbocycles. The zero-order valence-electron chi connectivity index (χ0n) is 14.7. The van der Waals surface area contributed by atoms with Crippen molar-refractivity contribution in [3.63, 3.8) is 0 Å². The lowest BCUT2D eigenvalue weighted by Gasteiger charge is -2.58. The van der Waals surface area contributed by atoms with Gasteiger partial charge in [-0.05, 0) is 55.3 Å². The average Bonchev–Trinajstić information content (AvgIpc) is 2.66. The van der Waals surface area contributed by atoms with E-state index in [4.69, 9.17) is 15.9 Å². The van der Waals surface area contributed by atoms with Crippen molar-refractivity contribution in [2.45, 2.75) is 71.5 Å². The van der Waals surface area contributed by atoms with E-state index in [1.54, 1.807) is 0 Å². The monoisotopic (exact) mass is 340 g/mol.